The van der Waals surface area contributed by atoms with Gasteiger partial charge in [-0.05, 0) is 13.8 Å². The molecule has 1 aliphatic heterocycles. The molecule has 1 rings (SSSR count). The largest absolute Gasteiger partial charge is 0.416 e. The number of hydrogen-bond acceptors (Lipinski definition) is 2. The molecule has 0 aliphatic carbocycles. The highest BCUT2D eigenvalue weighted by Crippen LogP contribution is 2.17. The third-order valence-electron chi connectivity index (χ3n) is 1.03. The topological polar surface area (TPSA) is 18.5 Å². The highest BCUT2D eigenvalue weighted by atomic mass is 16.6. The maximum atomic E-state index is 5.27. The SMILES string of the molecule is [B]B1OCC(C)(C)O1. The normalized spacial score (nSPS) is 26.5. The summed E-state index contributed by atoms with van der Waals surface area (Å²) < 4.78 is 10.0. The Balaban J connectivity index is 2.44. The molecule has 2 radical (unpaired) electrons. The van der Waals surface area contributed by atoms with Crippen molar-refractivity contribution in [3.63, 3.8) is 0 Å². The molecule has 42 valence electrons. The number of rotatable bonds is 0. The Kier molecular flexibility index (Phi) is 1.37. The van der Waals surface area contributed by atoms with Gasteiger partial charge in [-0.25, -0.2) is 0 Å². The molecule has 2 nitrogen and oxygen atoms in total. The maximum Gasteiger partial charge on any atom is 0.387 e. The lowest BCUT2D eigenvalue weighted by Gasteiger charge is -2.14. The maximum absolute atomic E-state index is 5.27. The van der Waals surface area contributed by atoms with Gasteiger partial charge in [0.25, 0.3) is 0 Å². The molecule has 0 spiro atoms. The van der Waals surface area contributed by atoms with Gasteiger partial charge < -0.3 is 9.31 Å². The molecule has 0 N–H and O–H groups in total. The molecule has 0 aromatic carbocycles. The van der Waals surface area contributed by atoms with Gasteiger partial charge in [-0.3, -0.25) is 0 Å². The van der Waals surface area contributed by atoms with Gasteiger partial charge in [0.1, 0.15) is 7.74 Å². The summed E-state index contributed by atoms with van der Waals surface area (Å²) in [5, 5.41) is 0. The minimum absolute atomic E-state index is 0.181. The van der Waals surface area contributed by atoms with Crippen molar-refractivity contribution in [2.75, 3.05) is 6.61 Å². The molecular weight excluding hydrogens is 102 g/mol. The molecule has 0 atom stereocenters. The van der Waals surface area contributed by atoms with E-state index >= 15 is 0 Å². The van der Waals surface area contributed by atoms with E-state index in [1.54, 1.807) is 0 Å². The zero-order valence-electron chi connectivity index (χ0n) is 5.18. The Morgan fingerprint density at radius 1 is 1.62 bits per heavy atom. The summed E-state index contributed by atoms with van der Waals surface area (Å²) in [4.78, 5) is 0. The average molecular weight is 110 g/mol. The standard InChI is InChI=1S/C4H8B2O2/c1-4(2)3-7-6(5)8-4/h3H2,1-2H3. The van der Waals surface area contributed by atoms with Crippen LogP contribution in [-0.2, 0) is 9.31 Å². The van der Waals surface area contributed by atoms with Crippen LogP contribution in [0.25, 0.3) is 0 Å². The van der Waals surface area contributed by atoms with E-state index in [-0.39, 0.29) is 5.60 Å². The first-order chi connectivity index (χ1) is 3.60. The summed E-state index contributed by atoms with van der Waals surface area (Å²) in [5.74, 6) is 0. The summed E-state index contributed by atoms with van der Waals surface area (Å²) in [7, 11) is 4.76. The third-order valence-corrected chi connectivity index (χ3v) is 1.03. The predicted octanol–water partition coefficient (Wildman–Crippen LogP) is -0.0348. The molecule has 1 saturated heterocycles. The van der Waals surface area contributed by atoms with Crippen LogP contribution in [0, 0.1) is 0 Å². The van der Waals surface area contributed by atoms with E-state index in [0.717, 1.165) is 0 Å². The van der Waals surface area contributed by atoms with Gasteiger partial charge in [0.2, 0.25) is 0 Å². The summed E-state index contributed by atoms with van der Waals surface area (Å²) in [6, 6.07) is 0. The first-order valence-corrected chi connectivity index (χ1v) is 2.65. The van der Waals surface area contributed by atoms with Crippen molar-refractivity contribution in [2.45, 2.75) is 19.4 Å². The van der Waals surface area contributed by atoms with E-state index in [0.29, 0.717) is 6.61 Å². The van der Waals surface area contributed by atoms with Crippen molar-refractivity contribution >= 4 is 14.7 Å². The number of hydrogen-bond donors (Lipinski definition) is 0. The van der Waals surface area contributed by atoms with Crippen LogP contribution in [0.5, 0.6) is 0 Å². The van der Waals surface area contributed by atoms with Gasteiger partial charge >= 0.3 is 7.01 Å². The molecule has 1 fully saturated rings. The Morgan fingerprint density at radius 2 is 2.25 bits per heavy atom. The average Bonchev–Trinajstić information content (AvgIpc) is 1.82. The first-order valence-electron chi connectivity index (χ1n) is 2.65. The molecule has 1 aliphatic rings. The fraction of sp³-hybridized carbons (Fsp3) is 1.00. The first kappa shape index (κ1) is 6.17. The van der Waals surface area contributed by atoms with E-state index in [1.165, 1.54) is 0 Å². The lowest BCUT2D eigenvalue weighted by atomic mass is 9.63. The molecule has 1 heterocycles. The van der Waals surface area contributed by atoms with E-state index in [9.17, 15) is 0 Å². The van der Waals surface area contributed by atoms with E-state index in [4.69, 9.17) is 17.0 Å². The van der Waals surface area contributed by atoms with Gasteiger partial charge in [-0.1, -0.05) is 0 Å². The van der Waals surface area contributed by atoms with Crippen LogP contribution in [0.15, 0.2) is 0 Å². The minimum Gasteiger partial charge on any atom is -0.416 e. The molecule has 0 amide bonds. The van der Waals surface area contributed by atoms with Gasteiger partial charge in [0.05, 0.1) is 12.2 Å². The molecule has 8 heavy (non-hydrogen) atoms. The summed E-state index contributed by atoms with van der Waals surface area (Å²) in [5.41, 5.74) is -0.181. The van der Waals surface area contributed by atoms with Crippen molar-refractivity contribution < 1.29 is 9.31 Å². The lowest BCUT2D eigenvalue weighted by Crippen LogP contribution is -2.24. The van der Waals surface area contributed by atoms with Crippen molar-refractivity contribution in [3.05, 3.63) is 0 Å². The summed E-state index contributed by atoms with van der Waals surface area (Å²) in [6.45, 7) is 4.48. The van der Waals surface area contributed by atoms with Crippen LogP contribution in [0.1, 0.15) is 13.8 Å². The highest BCUT2D eigenvalue weighted by Gasteiger charge is 2.31. The van der Waals surface area contributed by atoms with Crippen LogP contribution in [0.3, 0.4) is 0 Å². The predicted molar refractivity (Wildman–Crippen MR) is 32.6 cm³/mol. The molecule has 4 heteroatoms. The monoisotopic (exact) mass is 110 g/mol. The molecular formula is C4H8B2O2. The van der Waals surface area contributed by atoms with E-state index in [2.05, 4.69) is 0 Å². The van der Waals surface area contributed by atoms with Crippen LogP contribution in [-0.4, -0.2) is 27.0 Å². The lowest BCUT2D eigenvalue weighted by molar-refractivity contribution is 0.138. The van der Waals surface area contributed by atoms with Crippen LogP contribution >= 0.6 is 0 Å². The fourth-order valence-corrected chi connectivity index (χ4v) is 0.665. The van der Waals surface area contributed by atoms with Crippen LogP contribution in [0.2, 0.25) is 0 Å². The quantitative estimate of drug-likeness (QED) is 0.407. The molecule has 0 bridgehead atoms. The molecule has 0 unspecified atom stereocenters. The molecule has 0 aromatic heterocycles. The van der Waals surface area contributed by atoms with Gasteiger partial charge in [0.15, 0.2) is 0 Å². The smallest absolute Gasteiger partial charge is 0.387 e. The summed E-state index contributed by atoms with van der Waals surface area (Å²) in [6.07, 6.45) is 0. The Bertz CT molecular complexity index is 94.0. The van der Waals surface area contributed by atoms with Crippen molar-refractivity contribution in [1.82, 2.24) is 0 Å². The second kappa shape index (κ2) is 1.78. The summed E-state index contributed by atoms with van der Waals surface area (Å²) >= 11 is 0. The van der Waals surface area contributed by atoms with E-state index in [1.807, 2.05) is 13.8 Å². The van der Waals surface area contributed by atoms with Crippen molar-refractivity contribution in [3.8, 4) is 0 Å². The van der Waals surface area contributed by atoms with Crippen LogP contribution in [0.4, 0.5) is 0 Å². The van der Waals surface area contributed by atoms with Gasteiger partial charge in [-0.15, -0.1) is 0 Å². The highest BCUT2D eigenvalue weighted by molar-refractivity contribution is 6.95. The van der Waals surface area contributed by atoms with E-state index < -0.39 is 7.01 Å². The van der Waals surface area contributed by atoms with Crippen molar-refractivity contribution in [2.24, 2.45) is 0 Å². The third kappa shape index (κ3) is 1.26. The zero-order valence-corrected chi connectivity index (χ0v) is 5.18. The zero-order chi connectivity index (χ0) is 6.20. The second-order valence-electron chi connectivity index (χ2n) is 2.56. The van der Waals surface area contributed by atoms with Gasteiger partial charge in [-0.2, -0.15) is 0 Å². The molecule has 0 aromatic rings. The second-order valence-corrected chi connectivity index (χ2v) is 2.56. The van der Waals surface area contributed by atoms with Crippen molar-refractivity contribution in [1.29, 1.82) is 0 Å². The van der Waals surface area contributed by atoms with Crippen LogP contribution < -0.4 is 0 Å². The van der Waals surface area contributed by atoms with Gasteiger partial charge in [0, 0.05) is 0 Å². The Labute approximate surface area is 51.1 Å². The molecule has 0 saturated carbocycles. The fourth-order valence-electron chi connectivity index (χ4n) is 0.665. The Morgan fingerprint density at radius 3 is 2.38 bits per heavy atom. The minimum atomic E-state index is -0.509. The Hall–Kier alpha value is 0.0499.